The summed E-state index contributed by atoms with van der Waals surface area (Å²) in [5.74, 6) is 0.0122. The van der Waals surface area contributed by atoms with E-state index in [2.05, 4.69) is 22.5 Å². The molecular weight excluding hydrogens is 256 g/mol. The van der Waals surface area contributed by atoms with Crippen LogP contribution in [0.3, 0.4) is 0 Å². The molecule has 1 aromatic heterocycles. The molecule has 0 saturated heterocycles. The van der Waals surface area contributed by atoms with Crippen molar-refractivity contribution in [1.82, 2.24) is 10.3 Å². The Morgan fingerprint density at radius 2 is 2.05 bits per heavy atom. The number of carbonyl (C=O) groups is 2. The Morgan fingerprint density at radius 3 is 2.55 bits per heavy atom. The third-order valence-electron chi connectivity index (χ3n) is 2.65. The lowest BCUT2D eigenvalue weighted by molar-refractivity contribution is -0.119. The summed E-state index contributed by atoms with van der Waals surface area (Å²) in [6.07, 6.45) is 2.60. The molecule has 6 heteroatoms. The van der Waals surface area contributed by atoms with Crippen molar-refractivity contribution in [3.63, 3.8) is 0 Å². The fraction of sp³-hybridized carbons (Fsp3) is 0.500. The smallest absolute Gasteiger partial charge is 0.253 e. The van der Waals surface area contributed by atoms with E-state index in [9.17, 15) is 9.59 Å². The van der Waals surface area contributed by atoms with E-state index >= 15 is 0 Å². The predicted molar refractivity (Wildman–Crippen MR) is 78.4 cm³/mol. The Labute approximate surface area is 119 Å². The van der Waals surface area contributed by atoms with E-state index in [0.29, 0.717) is 5.56 Å². The standard InChI is InChI=1S/C14H22N4O2/c1-4-7-16-12-6-5-10(9-17-12)13(20)18-14(2,3)8-11(15)19/h5-6,9H,4,7-8H2,1-3H3,(H2,15,19)(H,16,17)(H,18,20). The zero-order valence-corrected chi connectivity index (χ0v) is 12.2. The Hall–Kier alpha value is -2.11. The quantitative estimate of drug-likeness (QED) is 0.700. The number of hydrogen-bond donors (Lipinski definition) is 3. The fourth-order valence-electron chi connectivity index (χ4n) is 1.75. The Balaban J connectivity index is 2.65. The first-order valence-electron chi connectivity index (χ1n) is 6.65. The maximum Gasteiger partial charge on any atom is 0.253 e. The van der Waals surface area contributed by atoms with Crippen molar-refractivity contribution in [2.45, 2.75) is 39.2 Å². The van der Waals surface area contributed by atoms with Gasteiger partial charge < -0.3 is 16.4 Å². The molecule has 20 heavy (non-hydrogen) atoms. The van der Waals surface area contributed by atoms with Crippen LogP contribution < -0.4 is 16.4 Å². The molecule has 0 aliphatic rings. The zero-order valence-electron chi connectivity index (χ0n) is 12.2. The number of amides is 2. The Kier molecular flexibility index (Phi) is 5.49. The first-order chi connectivity index (χ1) is 9.34. The van der Waals surface area contributed by atoms with Gasteiger partial charge in [-0.1, -0.05) is 6.92 Å². The third-order valence-corrected chi connectivity index (χ3v) is 2.65. The van der Waals surface area contributed by atoms with Gasteiger partial charge in [-0.25, -0.2) is 4.98 Å². The molecule has 0 aliphatic carbocycles. The van der Waals surface area contributed by atoms with Crippen molar-refractivity contribution >= 4 is 17.6 Å². The van der Waals surface area contributed by atoms with Gasteiger partial charge in [-0.3, -0.25) is 9.59 Å². The van der Waals surface area contributed by atoms with E-state index in [1.54, 1.807) is 26.0 Å². The summed E-state index contributed by atoms with van der Waals surface area (Å²) in [7, 11) is 0. The zero-order chi connectivity index (χ0) is 15.2. The molecule has 1 aromatic rings. The van der Waals surface area contributed by atoms with E-state index in [1.807, 2.05) is 0 Å². The monoisotopic (exact) mass is 278 g/mol. The summed E-state index contributed by atoms with van der Waals surface area (Å²) in [5, 5.41) is 5.90. The number of nitrogens with zero attached hydrogens (tertiary/aromatic N) is 1. The SMILES string of the molecule is CCCNc1ccc(C(=O)NC(C)(C)CC(N)=O)cn1. The highest BCUT2D eigenvalue weighted by molar-refractivity contribution is 5.94. The molecule has 0 fully saturated rings. The van der Waals surface area contributed by atoms with Crippen LogP contribution in [-0.2, 0) is 4.79 Å². The minimum absolute atomic E-state index is 0.0856. The first kappa shape index (κ1) is 15.9. The highest BCUT2D eigenvalue weighted by atomic mass is 16.2. The maximum absolute atomic E-state index is 12.0. The predicted octanol–water partition coefficient (Wildman–Crippen LogP) is 1.29. The number of pyridine rings is 1. The van der Waals surface area contributed by atoms with Crippen LogP contribution in [0.2, 0.25) is 0 Å². The lowest BCUT2D eigenvalue weighted by atomic mass is 10.00. The molecule has 0 aliphatic heterocycles. The van der Waals surface area contributed by atoms with Gasteiger partial charge in [0.1, 0.15) is 5.82 Å². The second-order valence-corrected chi connectivity index (χ2v) is 5.34. The minimum Gasteiger partial charge on any atom is -0.370 e. The van der Waals surface area contributed by atoms with Crippen molar-refractivity contribution in [1.29, 1.82) is 0 Å². The van der Waals surface area contributed by atoms with Crippen molar-refractivity contribution in [2.75, 3.05) is 11.9 Å². The molecule has 110 valence electrons. The van der Waals surface area contributed by atoms with E-state index in [1.165, 1.54) is 6.20 Å². The van der Waals surface area contributed by atoms with Gasteiger partial charge in [-0.05, 0) is 32.4 Å². The van der Waals surface area contributed by atoms with Crippen LogP contribution in [0.5, 0.6) is 0 Å². The second kappa shape index (κ2) is 6.88. The van der Waals surface area contributed by atoms with Crippen molar-refractivity contribution < 1.29 is 9.59 Å². The largest absolute Gasteiger partial charge is 0.370 e. The molecule has 0 atom stereocenters. The first-order valence-corrected chi connectivity index (χ1v) is 6.65. The van der Waals surface area contributed by atoms with Crippen LogP contribution in [0.1, 0.15) is 44.0 Å². The summed E-state index contributed by atoms with van der Waals surface area (Å²) in [6.45, 7) is 6.40. The van der Waals surface area contributed by atoms with Crippen LogP contribution in [0.4, 0.5) is 5.82 Å². The summed E-state index contributed by atoms with van der Waals surface area (Å²) in [4.78, 5) is 27.1. The van der Waals surface area contributed by atoms with Crippen molar-refractivity contribution in [3.05, 3.63) is 23.9 Å². The summed E-state index contributed by atoms with van der Waals surface area (Å²) < 4.78 is 0. The highest BCUT2D eigenvalue weighted by Gasteiger charge is 2.23. The average molecular weight is 278 g/mol. The number of primary amides is 1. The molecule has 2 amide bonds. The van der Waals surface area contributed by atoms with Crippen LogP contribution in [0.25, 0.3) is 0 Å². The lowest BCUT2D eigenvalue weighted by Gasteiger charge is -2.24. The topological polar surface area (TPSA) is 97.1 Å². The molecular formula is C14H22N4O2. The summed E-state index contributed by atoms with van der Waals surface area (Å²) in [5.41, 5.74) is 4.92. The van der Waals surface area contributed by atoms with Gasteiger partial charge in [0.25, 0.3) is 5.91 Å². The van der Waals surface area contributed by atoms with E-state index in [-0.39, 0.29) is 12.3 Å². The molecule has 0 aromatic carbocycles. The van der Waals surface area contributed by atoms with Crippen LogP contribution in [0.15, 0.2) is 18.3 Å². The fourth-order valence-corrected chi connectivity index (χ4v) is 1.75. The van der Waals surface area contributed by atoms with Gasteiger partial charge in [0.05, 0.1) is 5.56 Å². The lowest BCUT2D eigenvalue weighted by Crippen LogP contribution is -2.46. The number of anilines is 1. The number of nitrogens with two attached hydrogens (primary N) is 1. The van der Waals surface area contributed by atoms with E-state index in [0.717, 1.165) is 18.8 Å². The molecule has 0 unspecified atom stereocenters. The van der Waals surface area contributed by atoms with Gasteiger partial charge >= 0.3 is 0 Å². The normalized spacial score (nSPS) is 10.9. The van der Waals surface area contributed by atoms with Crippen LogP contribution >= 0.6 is 0 Å². The molecule has 0 spiro atoms. The highest BCUT2D eigenvalue weighted by Crippen LogP contribution is 2.10. The second-order valence-electron chi connectivity index (χ2n) is 5.34. The van der Waals surface area contributed by atoms with Crippen LogP contribution in [0, 0.1) is 0 Å². The van der Waals surface area contributed by atoms with Gasteiger partial charge in [0, 0.05) is 24.7 Å². The molecule has 4 N–H and O–H groups in total. The third kappa shape index (κ3) is 5.26. The molecule has 6 nitrogen and oxygen atoms in total. The number of carbonyl (C=O) groups excluding carboxylic acids is 2. The molecule has 1 heterocycles. The molecule has 0 saturated carbocycles. The van der Waals surface area contributed by atoms with Gasteiger partial charge in [-0.15, -0.1) is 0 Å². The Morgan fingerprint density at radius 1 is 1.35 bits per heavy atom. The van der Waals surface area contributed by atoms with Crippen molar-refractivity contribution in [2.24, 2.45) is 5.73 Å². The van der Waals surface area contributed by atoms with E-state index in [4.69, 9.17) is 5.73 Å². The molecule has 0 radical (unpaired) electrons. The minimum atomic E-state index is -0.679. The Bertz CT molecular complexity index is 469. The van der Waals surface area contributed by atoms with E-state index < -0.39 is 11.4 Å². The van der Waals surface area contributed by atoms with Crippen molar-refractivity contribution in [3.8, 4) is 0 Å². The number of aromatic nitrogens is 1. The van der Waals surface area contributed by atoms with Gasteiger partial charge in [0.2, 0.25) is 5.91 Å². The summed E-state index contributed by atoms with van der Waals surface area (Å²) in [6, 6.07) is 3.45. The molecule has 1 rings (SSSR count). The number of hydrogen-bond acceptors (Lipinski definition) is 4. The average Bonchev–Trinajstić information content (AvgIpc) is 2.34. The molecule has 0 bridgehead atoms. The van der Waals surface area contributed by atoms with Gasteiger partial charge in [0.15, 0.2) is 0 Å². The maximum atomic E-state index is 12.0. The summed E-state index contributed by atoms with van der Waals surface area (Å²) >= 11 is 0. The number of rotatable bonds is 7. The van der Waals surface area contributed by atoms with Crippen LogP contribution in [-0.4, -0.2) is 28.9 Å². The van der Waals surface area contributed by atoms with Gasteiger partial charge in [-0.2, -0.15) is 0 Å². The number of nitrogens with one attached hydrogen (secondary N) is 2.